The molecule has 1 amide bonds. The van der Waals surface area contributed by atoms with Crippen LogP contribution in [0.5, 0.6) is 5.75 Å². The van der Waals surface area contributed by atoms with Crippen LogP contribution in [-0.2, 0) is 9.53 Å². The molecule has 0 unspecified atom stereocenters. The van der Waals surface area contributed by atoms with Gasteiger partial charge in [0.1, 0.15) is 23.8 Å². The zero-order valence-electron chi connectivity index (χ0n) is 23.2. The van der Waals surface area contributed by atoms with Gasteiger partial charge in [0.15, 0.2) is 5.71 Å². The minimum atomic E-state index is -1.08. The van der Waals surface area contributed by atoms with Crippen molar-refractivity contribution in [3.63, 3.8) is 0 Å². The molecule has 2 aliphatic heterocycles. The number of aliphatic hydroxyl groups excluding tert-OH is 1. The number of benzene rings is 3. The average Bonchev–Trinajstić information content (AvgIpc) is 3.52. The molecule has 2 saturated heterocycles. The van der Waals surface area contributed by atoms with Crippen LogP contribution in [0.2, 0.25) is 5.02 Å². The van der Waals surface area contributed by atoms with Gasteiger partial charge in [-0.15, -0.1) is 0 Å². The maximum absolute atomic E-state index is 13.4. The van der Waals surface area contributed by atoms with Gasteiger partial charge in [0.25, 0.3) is 5.91 Å². The molecule has 3 aromatic rings. The Bertz CT molecular complexity index is 1370. The lowest BCUT2D eigenvalue weighted by atomic mass is 9.99. The molecule has 222 valence electrons. The van der Waals surface area contributed by atoms with Crippen molar-refractivity contribution in [1.29, 1.82) is 0 Å². The number of hydrogen-bond acceptors (Lipinski definition) is 7. The lowest BCUT2D eigenvalue weighted by Gasteiger charge is -2.29. The molecular formula is C32H35ClFN3O5. The van der Waals surface area contributed by atoms with E-state index in [-0.39, 0.29) is 17.6 Å². The summed E-state index contributed by atoms with van der Waals surface area (Å²) >= 11 is 6.56. The molecule has 2 heterocycles. The molecule has 0 bridgehead atoms. The molecule has 5 rings (SSSR count). The second kappa shape index (κ2) is 14.1. The van der Waals surface area contributed by atoms with Gasteiger partial charge in [0, 0.05) is 24.9 Å². The highest BCUT2D eigenvalue weighted by Crippen LogP contribution is 2.31. The van der Waals surface area contributed by atoms with Gasteiger partial charge in [-0.1, -0.05) is 59.2 Å². The summed E-state index contributed by atoms with van der Waals surface area (Å²) in [6.45, 7) is 3.43. The highest BCUT2D eigenvalue weighted by atomic mass is 35.5. The Labute approximate surface area is 249 Å². The number of nitrogens with one attached hydrogen (secondary N) is 1. The first-order valence-electron chi connectivity index (χ1n) is 14.2. The number of rotatable bonds is 10. The minimum absolute atomic E-state index is 0.0233. The predicted octanol–water partition coefficient (Wildman–Crippen LogP) is 5.20. The van der Waals surface area contributed by atoms with Crippen LogP contribution < -0.4 is 10.1 Å². The van der Waals surface area contributed by atoms with Crippen molar-refractivity contribution >= 4 is 23.2 Å². The third kappa shape index (κ3) is 7.46. The molecule has 2 aliphatic rings. The standard InChI is InChI=1S/C32H35ClFN3O5/c33-27-19-24(9-12-29(27)42-26-13-17-41-18-14-26)31(38)28(20-37-15-1-2-16-37)35-32(39)30(36-40)23-5-3-21(4-6-23)22-7-10-25(34)11-8-22/h3-12,19,26,28,31,38,40H,1-2,13-18,20H2,(H,35,39)/b36-30+/t28-,31-/m1/s1. The first-order valence-corrected chi connectivity index (χ1v) is 14.6. The number of oxime groups is 1. The van der Waals surface area contributed by atoms with Crippen LogP contribution >= 0.6 is 11.6 Å². The fraction of sp³-hybridized carbons (Fsp3) is 0.375. The SMILES string of the molecule is O=C(N[C@H](CN1CCCC1)[C@H](O)c1ccc(OC2CCOCC2)c(Cl)c1)/C(=N/O)c1ccc(-c2ccc(F)cc2)cc1. The third-order valence-corrected chi connectivity index (χ3v) is 8.06. The van der Waals surface area contributed by atoms with Crippen molar-refractivity contribution in [2.45, 2.75) is 43.9 Å². The van der Waals surface area contributed by atoms with Crippen LogP contribution in [0, 0.1) is 5.82 Å². The molecule has 0 radical (unpaired) electrons. The van der Waals surface area contributed by atoms with Crippen molar-refractivity contribution in [2.24, 2.45) is 5.16 Å². The Balaban J connectivity index is 1.31. The molecule has 10 heteroatoms. The fourth-order valence-electron chi connectivity index (χ4n) is 5.40. The summed E-state index contributed by atoms with van der Waals surface area (Å²) < 4.78 is 24.8. The van der Waals surface area contributed by atoms with E-state index in [0.29, 0.717) is 41.7 Å². The van der Waals surface area contributed by atoms with Crippen molar-refractivity contribution in [1.82, 2.24) is 10.2 Å². The number of carbonyl (C=O) groups is 1. The number of ether oxygens (including phenoxy) is 2. The zero-order chi connectivity index (χ0) is 29.5. The molecule has 2 fully saturated rings. The van der Waals surface area contributed by atoms with Crippen molar-refractivity contribution in [3.8, 4) is 16.9 Å². The van der Waals surface area contributed by atoms with Gasteiger partial charge in [-0.25, -0.2) is 4.39 Å². The molecule has 0 spiro atoms. The molecule has 2 atom stereocenters. The minimum Gasteiger partial charge on any atom is -0.489 e. The number of aliphatic hydroxyl groups is 1. The number of hydrogen-bond donors (Lipinski definition) is 3. The topological polar surface area (TPSA) is 104 Å². The van der Waals surface area contributed by atoms with Crippen LogP contribution in [0.1, 0.15) is 42.9 Å². The van der Waals surface area contributed by atoms with Crippen LogP contribution in [0.25, 0.3) is 11.1 Å². The smallest absolute Gasteiger partial charge is 0.274 e. The molecule has 0 aromatic heterocycles. The van der Waals surface area contributed by atoms with E-state index in [9.17, 15) is 19.5 Å². The van der Waals surface area contributed by atoms with E-state index in [2.05, 4.69) is 15.4 Å². The van der Waals surface area contributed by atoms with Gasteiger partial charge in [-0.2, -0.15) is 0 Å². The summed E-state index contributed by atoms with van der Waals surface area (Å²) in [4.78, 5) is 15.6. The van der Waals surface area contributed by atoms with E-state index in [4.69, 9.17) is 21.1 Å². The van der Waals surface area contributed by atoms with Gasteiger partial charge in [0.2, 0.25) is 0 Å². The van der Waals surface area contributed by atoms with E-state index >= 15 is 0 Å². The maximum atomic E-state index is 13.4. The zero-order valence-corrected chi connectivity index (χ0v) is 24.0. The van der Waals surface area contributed by atoms with Gasteiger partial charge < -0.3 is 30.0 Å². The van der Waals surface area contributed by atoms with Gasteiger partial charge >= 0.3 is 0 Å². The molecule has 8 nitrogen and oxygen atoms in total. The van der Waals surface area contributed by atoms with Crippen molar-refractivity contribution in [2.75, 3.05) is 32.8 Å². The normalized spacial score (nSPS) is 18.0. The van der Waals surface area contributed by atoms with E-state index in [1.54, 1.807) is 54.6 Å². The number of nitrogens with zero attached hydrogens (tertiary/aromatic N) is 2. The van der Waals surface area contributed by atoms with Crippen LogP contribution in [0.4, 0.5) is 4.39 Å². The first-order chi connectivity index (χ1) is 20.4. The molecule has 3 aromatic carbocycles. The van der Waals surface area contributed by atoms with E-state index in [0.717, 1.165) is 49.9 Å². The number of likely N-dealkylation sites (tertiary alicyclic amines) is 1. The van der Waals surface area contributed by atoms with E-state index < -0.39 is 18.1 Å². The summed E-state index contributed by atoms with van der Waals surface area (Å²) in [5, 5.41) is 27.8. The molecule has 3 N–H and O–H groups in total. The van der Waals surface area contributed by atoms with Gasteiger partial charge in [-0.3, -0.25) is 4.79 Å². The number of amides is 1. The fourth-order valence-corrected chi connectivity index (χ4v) is 5.64. The maximum Gasteiger partial charge on any atom is 0.274 e. The predicted molar refractivity (Wildman–Crippen MR) is 159 cm³/mol. The van der Waals surface area contributed by atoms with E-state index in [1.165, 1.54) is 12.1 Å². The Morgan fingerprint density at radius 3 is 2.31 bits per heavy atom. The highest BCUT2D eigenvalue weighted by Gasteiger charge is 2.29. The summed E-state index contributed by atoms with van der Waals surface area (Å²) in [5.41, 5.74) is 2.38. The van der Waals surface area contributed by atoms with Crippen LogP contribution in [0.3, 0.4) is 0 Å². The first kappa shape index (κ1) is 30.0. The molecule has 42 heavy (non-hydrogen) atoms. The lowest BCUT2D eigenvalue weighted by molar-refractivity contribution is -0.116. The van der Waals surface area contributed by atoms with Gasteiger partial charge in [0.05, 0.1) is 24.3 Å². The Morgan fingerprint density at radius 2 is 1.69 bits per heavy atom. The lowest BCUT2D eigenvalue weighted by Crippen LogP contribution is -2.48. The molecule has 0 aliphatic carbocycles. The summed E-state index contributed by atoms with van der Waals surface area (Å²) in [6, 6.07) is 17.4. The Kier molecular flexibility index (Phi) is 10.1. The second-order valence-corrected chi connectivity index (χ2v) is 11.1. The second-order valence-electron chi connectivity index (χ2n) is 10.7. The van der Waals surface area contributed by atoms with Crippen LogP contribution in [-0.4, -0.2) is 71.8 Å². The summed E-state index contributed by atoms with van der Waals surface area (Å²) in [5.74, 6) is -0.409. The molecular weight excluding hydrogens is 561 g/mol. The Morgan fingerprint density at radius 1 is 1.05 bits per heavy atom. The monoisotopic (exact) mass is 595 g/mol. The summed E-state index contributed by atoms with van der Waals surface area (Å²) in [7, 11) is 0. The number of halogens is 2. The van der Waals surface area contributed by atoms with E-state index in [1.807, 2.05) is 0 Å². The van der Waals surface area contributed by atoms with Crippen molar-refractivity contribution in [3.05, 3.63) is 88.7 Å². The van der Waals surface area contributed by atoms with Crippen molar-refractivity contribution < 1.29 is 29.0 Å². The molecule has 0 saturated carbocycles. The number of carbonyl (C=O) groups excluding carboxylic acids is 1. The highest BCUT2D eigenvalue weighted by molar-refractivity contribution is 6.45. The summed E-state index contributed by atoms with van der Waals surface area (Å²) in [6.07, 6.45) is 2.61. The quantitative estimate of drug-likeness (QED) is 0.169. The average molecular weight is 596 g/mol. The largest absolute Gasteiger partial charge is 0.489 e. The van der Waals surface area contributed by atoms with Crippen LogP contribution in [0.15, 0.2) is 71.9 Å². The third-order valence-electron chi connectivity index (χ3n) is 7.76. The van der Waals surface area contributed by atoms with Gasteiger partial charge in [-0.05, 0) is 66.9 Å². The Hall–Kier alpha value is -3.50.